The minimum absolute atomic E-state index is 0.140. The molecule has 0 aliphatic carbocycles. The molecule has 128 valence electrons. The number of hydrogen-bond donors (Lipinski definition) is 1. The van der Waals surface area contributed by atoms with Crippen LogP contribution in [0.2, 0.25) is 5.02 Å². The number of benzene rings is 2. The number of ether oxygens (including phenoxy) is 2. The molecule has 0 bridgehead atoms. The second-order valence-corrected chi connectivity index (χ2v) is 5.62. The average molecular weight is 357 g/mol. The van der Waals surface area contributed by atoms with Crippen LogP contribution < -0.4 is 14.8 Å². The van der Waals surface area contributed by atoms with Crippen LogP contribution in [0.3, 0.4) is 0 Å². The fourth-order valence-corrected chi connectivity index (χ4v) is 2.61. The molecular formula is C19H17ClN2O3. The molecule has 6 heteroatoms. The van der Waals surface area contributed by atoms with Crippen LogP contribution in [0.25, 0.3) is 10.9 Å². The topological polar surface area (TPSA) is 60.5 Å². The van der Waals surface area contributed by atoms with Crippen LogP contribution >= 0.6 is 11.6 Å². The van der Waals surface area contributed by atoms with E-state index in [1.54, 1.807) is 42.6 Å². The number of hydrogen-bond acceptors (Lipinski definition) is 4. The smallest absolute Gasteiger partial charge is 0.262 e. The van der Waals surface area contributed by atoms with Gasteiger partial charge in [0.25, 0.3) is 5.91 Å². The third kappa shape index (κ3) is 4.00. The molecule has 0 fully saturated rings. The molecule has 0 unspecified atom stereocenters. The van der Waals surface area contributed by atoms with Crippen LogP contribution in [0.15, 0.2) is 54.7 Å². The molecule has 0 spiro atoms. The van der Waals surface area contributed by atoms with E-state index in [0.717, 1.165) is 5.39 Å². The number of carbonyl (C=O) groups excluding carboxylic acids is 1. The van der Waals surface area contributed by atoms with Crippen molar-refractivity contribution in [1.29, 1.82) is 0 Å². The SMILES string of the molecule is CCOc1ccc(NC(=O)COc2ccccc2Cl)c2cccnc12. The molecule has 0 saturated carbocycles. The lowest BCUT2D eigenvalue weighted by molar-refractivity contribution is -0.118. The fraction of sp³-hybridized carbons (Fsp3) is 0.158. The first-order valence-corrected chi connectivity index (χ1v) is 8.24. The molecule has 25 heavy (non-hydrogen) atoms. The summed E-state index contributed by atoms with van der Waals surface area (Å²) >= 11 is 6.01. The molecule has 1 aromatic heterocycles. The number of halogens is 1. The fourth-order valence-electron chi connectivity index (χ4n) is 2.42. The van der Waals surface area contributed by atoms with E-state index in [1.165, 1.54) is 0 Å². The van der Waals surface area contributed by atoms with E-state index >= 15 is 0 Å². The van der Waals surface area contributed by atoms with Gasteiger partial charge in [0, 0.05) is 11.6 Å². The largest absolute Gasteiger partial charge is 0.492 e. The Morgan fingerprint density at radius 2 is 1.92 bits per heavy atom. The van der Waals surface area contributed by atoms with Gasteiger partial charge in [-0.25, -0.2) is 0 Å². The lowest BCUT2D eigenvalue weighted by atomic mass is 10.1. The summed E-state index contributed by atoms with van der Waals surface area (Å²) in [5.41, 5.74) is 1.36. The molecule has 0 aliphatic heterocycles. The van der Waals surface area contributed by atoms with Crippen molar-refractivity contribution in [3.8, 4) is 11.5 Å². The molecule has 1 amide bonds. The molecule has 1 heterocycles. The zero-order valence-corrected chi connectivity index (χ0v) is 14.4. The zero-order valence-electron chi connectivity index (χ0n) is 13.7. The van der Waals surface area contributed by atoms with Crippen molar-refractivity contribution in [3.63, 3.8) is 0 Å². The van der Waals surface area contributed by atoms with E-state index in [0.29, 0.717) is 34.3 Å². The Kier molecular flexibility index (Phi) is 5.36. The predicted molar refractivity (Wildman–Crippen MR) is 98.5 cm³/mol. The van der Waals surface area contributed by atoms with Crippen molar-refractivity contribution in [2.75, 3.05) is 18.5 Å². The van der Waals surface area contributed by atoms with Crippen molar-refractivity contribution in [1.82, 2.24) is 4.98 Å². The summed E-state index contributed by atoms with van der Waals surface area (Å²) in [6, 6.07) is 14.3. The summed E-state index contributed by atoms with van der Waals surface area (Å²) in [6.45, 7) is 2.32. The summed E-state index contributed by atoms with van der Waals surface area (Å²) in [5.74, 6) is 0.871. The Morgan fingerprint density at radius 1 is 1.08 bits per heavy atom. The van der Waals surface area contributed by atoms with Gasteiger partial charge in [-0.15, -0.1) is 0 Å². The Hall–Kier alpha value is -2.79. The van der Waals surface area contributed by atoms with Crippen LogP contribution in [-0.2, 0) is 4.79 Å². The minimum Gasteiger partial charge on any atom is -0.492 e. The Morgan fingerprint density at radius 3 is 2.72 bits per heavy atom. The number of para-hydroxylation sites is 1. The van der Waals surface area contributed by atoms with Gasteiger partial charge in [-0.1, -0.05) is 23.7 Å². The van der Waals surface area contributed by atoms with Gasteiger partial charge < -0.3 is 14.8 Å². The number of pyridine rings is 1. The lowest BCUT2D eigenvalue weighted by Gasteiger charge is -2.12. The molecule has 3 aromatic rings. The normalized spacial score (nSPS) is 10.5. The highest BCUT2D eigenvalue weighted by atomic mass is 35.5. The van der Waals surface area contributed by atoms with Gasteiger partial charge in [0.2, 0.25) is 0 Å². The highest BCUT2D eigenvalue weighted by molar-refractivity contribution is 6.32. The number of anilines is 1. The van der Waals surface area contributed by atoms with Crippen LogP contribution in [0.5, 0.6) is 11.5 Å². The molecule has 0 atom stereocenters. The maximum absolute atomic E-state index is 12.2. The zero-order chi connectivity index (χ0) is 17.6. The van der Waals surface area contributed by atoms with E-state index < -0.39 is 0 Å². The predicted octanol–water partition coefficient (Wildman–Crippen LogP) is 4.30. The molecule has 0 radical (unpaired) electrons. The van der Waals surface area contributed by atoms with E-state index in [4.69, 9.17) is 21.1 Å². The molecule has 0 aliphatic rings. The first kappa shape index (κ1) is 17.0. The molecular weight excluding hydrogens is 340 g/mol. The van der Waals surface area contributed by atoms with Gasteiger partial charge in [0.15, 0.2) is 6.61 Å². The van der Waals surface area contributed by atoms with E-state index in [9.17, 15) is 4.79 Å². The first-order valence-electron chi connectivity index (χ1n) is 7.86. The maximum atomic E-state index is 12.2. The molecule has 2 aromatic carbocycles. The standard InChI is InChI=1S/C19H17ClN2O3/c1-2-24-17-10-9-15(13-6-5-11-21-19(13)17)22-18(23)12-25-16-8-4-3-7-14(16)20/h3-11H,2,12H2,1H3,(H,22,23). The quantitative estimate of drug-likeness (QED) is 0.715. The monoisotopic (exact) mass is 356 g/mol. The average Bonchev–Trinajstić information content (AvgIpc) is 2.63. The van der Waals surface area contributed by atoms with E-state index in [2.05, 4.69) is 10.3 Å². The molecule has 0 saturated heterocycles. The molecule has 3 rings (SSSR count). The minimum atomic E-state index is -0.283. The molecule has 1 N–H and O–H groups in total. The van der Waals surface area contributed by atoms with Crippen molar-refractivity contribution in [2.45, 2.75) is 6.92 Å². The van der Waals surface area contributed by atoms with E-state index in [1.807, 2.05) is 19.1 Å². The van der Waals surface area contributed by atoms with Crippen molar-refractivity contribution < 1.29 is 14.3 Å². The number of fused-ring (bicyclic) bond motifs is 1. The van der Waals surface area contributed by atoms with Crippen molar-refractivity contribution in [3.05, 3.63) is 59.8 Å². The Labute approximate surface area is 150 Å². The highest BCUT2D eigenvalue weighted by Gasteiger charge is 2.11. The second kappa shape index (κ2) is 7.85. The summed E-state index contributed by atoms with van der Waals surface area (Å²) in [6.07, 6.45) is 1.69. The third-order valence-corrected chi connectivity index (χ3v) is 3.81. The Bertz CT molecular complexity index is 899. The number of nitrogens with zero attached hydrogens (tertiary/aromatic N) is 1. The van der Waals surface area contributed by atoms with Gasteiger partial charge in [-0.3, -0.25) is 9.78 Å². The maximum Gasteiger partial charge on any atom is 0.262 e. The van der Waals surface area contributed by atoms with Gasteiger partial charge in [0.1, 0.15) is 17.0 Å². The third-order valence-electron chi connectivity index (χ3n) is 3.50. The first-order chi connectivity index (χ1) is 12.2. The number of rotatable bonds is 6. The summed E-state index contributed by atoms with van der Waals surface area (Å²) in [4.78, 5) is 16.6. The summed E-state index contributed by atoms with van der Waals surface area (Å²) < 4.78 is 11.0. The number of aromatic nitrogens is 1. The van der Waals surface area contributed by atoms with Crippen LogP contribution in [0.1, 0.15) is 6.92 Å². The lowest BCUT2D eigenvalue weighted by Crippen LogP contribution is -2.20. The molecule has 5 nitrogen and oxygen atoms in total. The van der Waals surface area contributed by atoms with Gasteiger partial charge in [-0.05, 0) is 43.3 Å². The van der Waals surface area contributed by atoms with Crippen molar-refractivity contribution >= 4 is 34.1 Å². The number of amides is 1. The van der Waals surface area contributed by atoms with Gasteiger partial charge in [0.05, 0.1) is 17.3 Å². The summed E-state index contributed by atoms with van der Waals surface area (Å²) in [5, 5.41) is 4.11. The van der Waals surface area contributed by atoms with Crippen molar-refractivity contribution in [2.24, 2.45) is 0 Å². The van der Waals surface area contributed by atoms with Crippen LogP contribution in [0, 0.1) is 0 Å². The Balaban J connectivity index is 1.75. The van der Waals surface area contributed by atoms with Gasteiger partial charge in [-0.2, -0.15) is 0 Å². The van der Waals surface area contributed by atoms with E-state index in [-0.39, 0.29) is 12.5 Å². The summed E-state index contributed by atoms with van der Waals surface area (Å²) in [7, 11) is 0. The second-order valence-electron chi connectivity index (χ2n) is 5.21. The van der Waals surface area contributed by atoms with Crippen LogP contribution in [0.4, 0.5) is 5.69 Å². The number of nitrogens with one attached hydrogen (secondary N) is 1. The number of carbonyl (C=O) groups is 1. The van der Waals surface area contributed by atoms with Crippen LogP contribution in [-0.4, -0.2) is 24.1 Å². The van der Waals surface area contributed by atoms with Gasteiger partial charge >= 0.3 is 0 Å². The highest BCUT2D eigenvalue weighted by Crippen LogP contribution is 2.30.